The third-order valence-electron chi connectivity index (χ3n) is 2.46. The molecule has 6 heteroatoms. The van der Waals surface area contributed by atoms with Crippen LogP contribution < -0.4 is 5.32 Å². The first kappa shape index (κ1) is 15.5. The molecule has 0 fully saturated rings. The average molecular weight is 282 g/mol. The SMILES string of the molecule is CCCC(C)NC(=O)CSc1ccc(C(=O)O)cn1. The summed E-state index contributed by atoms with van der Waals surface area (Å²) < 4.78 is 0. The second-order valence-electron chi connectivity index (χ2n) is 4.24. The van der Waals surface area contributed by atoms with E-state index in [4.69, 9.17) is 5.11 Å². The Balaban J connectivity index is 2.39. The Bertz CT molecular complexity index is 434. The lowest BCUT2D eigenvalue weighted by molar-refractivity contribution is -0.119. The van der Waals surface area contributed by atoms with Gasteiger partial charge in [-0.2, -0.15) is 0 Å². The molecular formula is C13H18N2O3S. The number of carboxylic acid groups (broad SMARTS) is 1. The molecule has 1 unspecified atom stereocenters. The maximum Gasteiger partial charge on any atom is 0.337 e. The molecule has 0 saturated heterocycles. The summed E-state index contributed by atoms with van der Waals surface area (Å²) in [7, 11) is 0. The molecule has 0 aliphatic heterocycles. The Morgan fingerprint density at radius 1 is 1.47 bits per heavy atom. The van der Waals surface area contributed by atoms with Gasteiger partial charge in [-0.15, -0.1) is 0 Å². The first-order chi connectivity index (χ1) is 9.02. The number of nitrogens with zero attached hydrogens (tertiary/aromatic N) is 1. The van der Waals surface area contributed by atoms with Crippen molar-refractivity contribution >= 4 is 23.6 Å². The Kier molecular flexibility index (Phi) is 6.35. The Morgan fingerprint density at radius 3 is 2.74 bits per heavy atom. The maximum atomic E-state index is 11.6. The van der Waals surface area contributed by atoms with Crippen LogP contribution in [0, 0.1) is 0 Å². The molecule has 0 aliphatic carbocycles. The van der Waals surface area contributed by atoms with E-state index in [1.54, 1.807) is 6.07 Å². The van der Waals surface area contributed by atoms with Gasteiger partial charge in [0.05, 0.1) is 16.3 Å². The summed E-state index contributed by atoms with van der Waals surface area (Å²) in [4.78, 5) is 26.3. The monoisotopic (exact) mass is 282 g/mol. The minimum absolute atomic E-state index is 0.0324. The Morgan fingerprint density at radius 2 is 2.21 bits per heavy atom. The van der Waals surface area contributed by atoms with E-state index >= 15 is 0 Å². The highest BCUT2D eigenvalue weighted by atomic mass is 32.2. The first-order valence-corrected chi connectivity index (χ1v) is 7.13. The number of pyridine rings is 1. The zero-order valence-corrected chi connectivity index (χ0v) is 11.9. The number of thioether (sulfide) groups is 1. The van der Waals surface area contributed by atoms with E-state index in [0.29, 0.717) is 5.03 Å². The maximum absolute atomic E-state index is 11.6. The fraction of sp³-hybridized carbons (Fsp3) is 0.462. The lowest BCUT2D eigenvalue weighted by atomic mass is 10.2. The van der Waals surface area contributed by atoms with Crippen molar-refractivity contribution in [3.8, 4) is 0 Å². The molecule has 0 saturated carbocycles. The van der Waals surface area contributed by atoms with Crippen LogP contribution in [0.5, 0.6) is 0 Å². The van der Waals surface area contributed by atoms with Crippen molar-refractivity contribution < 1.29 is 14.7 Å². The van der Waals surface area contributed by atoms with Crippen LogP contribution in [-0.2, 0) is 4.79 Å². The lowest BCUT2D eigenvalue weighted by Crippen LogP contribution is -2.33. The predicted molar refractivity (Wildman–Crippen MR) is 74.4 cm³/mol. The van der Waals surface area contributed by atoms with Crippen LogP contribution in [0.4, 0.5) is 0 Å². The van der Waals surface area contributed by atoms with Gasteiger partial charge in [0.1, 0.15) is 0 Å². The molecule has 104 valence electrons. The minimum Gasteiger partial charge on any atom is -0.478 e. The summed E-state index contributed by atoms with van der Waals surface area (Å²) in [5.41, 5.74) is 0.144. The second kappa shape index (κ2) is 7.78. The van der Waals surface area contributed by atoms with Gasteiger partial charge in [0.15, 0.2) is 0 Å². The van der Waals surface area contributed by atoms with Crippen LogP contribution >= 0.6 is 11.8 Å². The normalized spacial score (nSPS) is 11.9. The van der Waals surface area contributed by atoms with Crippen molar-refractivity contribution in [1.29, 1.82) is 0 Å². The zero-order valence-electron chi connectivity index (χ0n) is 11.0. The van der Waals surface area contributed by atoms with E-state index in [9.17, 15) is 9.59 Å². The smallest absolute Gasteiger partial charge is 0.337 e. The van der Waals surface area contributed by atoms with Gasteiger partial charge in [0.2, 0.25) is 5.91 Å². The molecule has 0 aromatic carbocycles. The Labute approximate surface area is 116 Å². The fourth-order valence-corrected chi connectivity index (χ4v) is 2.21. The van der Waals surface area contributed by atoms with Crippen LogP contribution in [0.25, 0.3) is 0 Å². The Hall–Kier alpha value is -1.56. The van der Waals surface area contributed by atoms with Gasteiger partial charge >= 0.3 is 5.97 Å². The summed E-state index contributed by atoms with van der Waals surface area (Å²) in [6, 6.07) is 3.27. The second-order valence-corrected chi connectivity index (χ2v) is 5.23. The number of carbonyl (C=O) groups is 2. The van der Waals surface area contributed by atoms with E-state index in [0.717, 1.165) is 12.8 Å². The van der Waals surface area contributed by atoms with Gasteiger partial charge in [-0.3, -0.25) is 4.79 Å². The molecule has 0 bridgehead atoms. The number of carboxylic acids is 1. The molecule has 1 aromatic rings. The van der Waals surface area contributed by atoms with Gasteiger partial charge in [-0.25, -0.2) is 9.78 Å². The average Bonchev–Trinajstić information content (AvgIpc) is 2.37. The molecule has 0 spiro atoms. The molecule has 1 amide bonds. The van der Waals surface area contributed by atoms with Gasteiger partial charge in [-0.1, -0.05) is 25.1 Å². The van der Waals surface area contributed by atoms with Crippen LogP contribution in [0.15, 0.2) is 23.4 Å². The standard InChI is InChI=1S/C13H18N2O3S/c1-3-4-9(2)15-11(16)8-19-12-6-5-10(7-14-12)13(17)18/h5-7,9H,3-4,8H2,1-2H3,(H,15,16)(H,17,18). The molecule has 1 aromatic heterocycles. The number of carbonyl (C=O) groups excluding carboxylic acids is 1. The number of aromatic nitrogens is 1. The highest BCUT2D eigenvalue weighted by Crippen LogP contribution is 2.15. The number of amides is 1. The van der Waals surface area contributed by atoms with Crippen LogP contribution in [0.1, 0.15) is 37.0 Å². The van der Waals surface area contributed by atoms with Gasteiger partial charge in [-0.05, 0) is 25.5 Å². The number of hydrogen-bond acceptors (Lipinski definition) is 4. The third-order valence-corrected chi connectivity index (χ3v) is 3.41. The molecule has 5 nitrogen and oxygen atoms in total. The third kappa shape index (κ3) is 5.74. The van der Waals surface area contributed by atoms with Gasteiger partial charge in [0.25, 0.3) is 0 Å². The molecule has 2 N–H and O–H groups in total. The van der Waals surface area contributed by atoms with Crippen molar-refractivity contribution in [2.45, 2.75) is 37.8 Å². The van der Waals surface area contributed by atoms with Crippen molar-refractivity contribution in [3.05, 3.63) is 23.9 Å². The van der Waals surface area contributed by atoms with E-state index in [2.05, 4.69) is 17.2 Å². The summed E-state index contributed by atoms with van der Waals surface area (Å²) in [5, 5.41) is 12.3. The largest absolute Gasteiger partial charge is 0.478 e. The van der Waals surface area contributed by atoms with E-state index in [1.807, 2.05) is 6.92 Å². The molecule has 1 heterocycles. The quantitative estimate of drug-likeness (QED) is 0.749. The van der Waals surface area contributed by atoms with Gasteiger partial charge in [0, 0.05) is 12.2 Å². The first-order valence-electron chi connectivity index (χ1n) is 6.14. The van der Waals surface area contributed by atoms with Crippen LogP contribution in [0.2, 0.25) is 0 Å². The van der Waals surface area contributed by atoms with Crippen LogP contribution in [0.3, 0.4) is 0 Å². The zero-order chi connectivity index (χ0) is 14.3. The highest BCUT2D eigenvalue weighted by Gasteiger charge is 2.08. The predicted octanol–water partition coefficient (Wildman–Crippen LogP) is 2.18. The number of nitrogens with one attached hydrogen (secondary N) is 1. The molecule has 1 atom stereocenters. The number of aromatic carboxylic acids is 1. The summed E-state index contributed by atoms with van der Waals surface area (Å²) in [6.45, 7) is 4.05. The van der Waals surface area contributed by atoms with Crippen LogP contribution in [-0.4, -0.2) is 33.8 Å². The van der Waals surface area contributed by atoms with Crippen molar-refractivity contribution in [2.75, 3.05) is 5.75 Å². The topological polar surface area (TPSA) is 79.3 Å². The van der Waals surface area contributed by atoms with E-state index < -0.39 is 5.97 Å². The molecular weight excluding hydrogens is 264 g/mol. The summed E-state index contributed by atoms with van der Waals surface area (Å²) in [5.74, 6) is -0.752. The molecule has 19 heavy (non-hydrogen) atoms. The van der Waals surface area contributed by atoms with E-state index in [-0.39, 0.29) is 23.3 Å². The van der Waals surface area contributed by atoms with E-state index in [1.165, 1.54) is 24.0 Å². The minimum atomic E-state index is -1.00. The lowest BCUT2D eigenvalue weighted by Gasteiger charge is -2.12. The number of rotatable bonds is 7. The van der Waals surface area contributed by atoms with Crippen molar-refractivity contribution in [2.24, 2.45) is 0 Å². The molecule has 0 aliphatic rings. The highest BCUT2D eigenvalue weighted by molar-refractivity contribution is 7.99. The number of hydrogen-bond donors (Lipinski definition) is 2. The fourth-order valence-electron chi connectivity index (χ4n) is 1.55. The van der Waals surface area contributed by atoms with Gasteiger partial charge < -0.3 is 10.4 Å². The molecule has 1 rings (SSSR count). The summed E-state index contributed by atoms with van der Waals surface area (Å²) in [6.07, 6.45) is 3.29. The van der Waals surface area contributed by atoms with Crippen molar-refractivity contribution in [3.63, 3.8) is 0 Å². The summed E-state index contributed by atoms with van der Waals surface area (Å²) >= 11 is 1.29. The van der Waals surface area contributed by atoms with Crippen molar-refractivity contribution in [1.82, 2.24) is 10.3 Å². The molecule has 0 radical (unpaired) electrons.